The van der Waals surface area contributed by atoms with E-state index in [0.717, 1.165) is 6.42 Å². The van der Waals surface area contributed by atoms with Crippen LogP contribution in [-0.4, -0.2) is 0 Å². The molecule has 0 unspecified atom stereocenters. The molecule has 222 valence electrons. The molecule has 0 heterocycles. The van der Waals surface area contributed by atoms with Crippen LogP contribution in [0.5, 0.6) is 0 Å². The Hall–Kier alpha value is -3.04. The standard InChI is InChI=1S/C36H32P2.C5H8.Fe/c1-5-18-31(19-6-1)37(32-20-7-2-8-21-32)35-26-14-13-16-29(35)28-30-17-15-27-36(30)38(33-22-9-3-10-23-33)34-24-11-4-12-25-34;1-2-4-5-3-1;/h1-14,16,18-27,30H,15,17,28H2;1-2H,3-5H2;/t30-;;/m0../s1. The molecule has 0 spiro atoms. The maximum absolute atomic E-state index is 2.57. The molecular formula is C41H40FeP2. The van der Waals surface area contributed by atoms with Gasteiger partial charge in [-0.1, -0.05) is 164 Å². The molecule has 44 heavy (non-hydrogen) atoms. The molecule has 5 aromatic rings. The Morgan fingerprint density at radius 3 is 1.36 bits per heavy atom. The molecule has 0 nitrogen and oxygen atoms in total. The fourth-order valence-corrected chi connectivity index (χ4v) is 11.4. The van der Waals surface area contributed by atoms with Crippen molar-refractivity contribution in [3.8, 4) is 0 Å². The van der Waals surface area contributed by atoms with E-state index >= 15 is 0 Å². The van der Waals surface area contributed by atoms with Crippen LogP contribution in [0.25, 0.3) is 0 Å². The number of hydrogen-bond donors (Lipinski definition) is 0. The first-order valence-corrected chi connectivity index (χ1v) is 18.3. The minimum atomic E-state index is -0.618. The van der Waals surface area contributed by atoms with E-state index in [-0.39, 0.29) is 17.1 Å². The molecule has 0 saturated heterocycles. The Morgan fingerprint density at radius 1 is 0.477 bits per heavy atom. The van der Waals surface area contributed by atoms with Crippen LogP contribution in [-0.2, 0) is 23.5 Å². The van der Waals surface area contributed by atoms with Crippen molar-refractivity contribution in [1.29, 1.82) is 0 Å². The van der Waals surface area contributed by atoms with Crippen molar-refractivity contribution in [2.45, 2.75) is 38.5 Å². The first kappa shape index (κ1) is 32.4. The monoisotopic (exact) mass is 650 g/mol. The maximum atomic E-state index is 2.57. The molecule has 2 aliphatic carbocycles. The SMILES string of the molecule is C1=C(P(c2ccccc2)c2ccccc2)[C@H](Cc2ccccc2P(c2ccccc2)c2ccccc2)CC1.C1=CCCC1.[Fe]. The Labute approximate surface area is 277 Å². The Kier molecular flexibility index (Phi) is 12.4. The summed E-state index contributed by atoms with van der Waals surface area (Å²) in [5, 5.41) is 8.89. The van der Waals surface area contributed by atoms with E-state index in [1.54, 1.807) is 5.31 Å². The molecule has 0 aliphatic heterocycles. The molecule has 1 atom stereocenters. The van der Waals surface area contributed by atoms with E-state index in [4.69, 9.17) is 0 Å². The van der Waals surface area contributed by atoms with Gasteiger partial charge in [0.15, 0.2) is 0 Å². The first-order chi connectivity index (χ1) is 21.4. The quantitative estimate of drug-likeness (QED) is 0.0893. The Morgan fingerprint density at radius 2 is 0.909 bits per heavy atom. The summed E-state index contributed by atoms with van der Waals surface area (Å²) in [5.41, 5.74) is 1.50. The minimum absolute atomic E-state index is 0. The van der Waals surface area contributed by atoms with Gasteiger partial charge in [0, 0.05) is 17.1 Å². The third kappa shape index (κ3) is 8.16. The van der Waals surface area contributed by atoms with E-state index in [0.29, 0.717) is 5.92 Å². The second-order valence-corrected chi connectivity index (χ2v) is 15.6. The molecule has 2 aliphatic rings. The zero-order valence-corrected chi connectivity index (χ0v) is 28.0. The summed E-state index contributed by atoms with van der Waals surface area (Å²) < 4.78 is 0. The van der Waals surface area contributed by atoms with Crippen LogP contribution in [0, 0.1) is 5.92 Å². The van der Waals surface area contributed by atoms with E-state index < -0.39 is 15.8 Å². The van der Waals surface area contributed by atoms with Crippen molar-refractivity contribution in [1.82, 2.24) is 0 Å². The van der Waals surface area contributed by atoms with E-state index in [2.05, 4.69) is 164 Å². The van der Waals surface area contributed by atoms with Gasteiger partial charge in [0.1, 0.15) is 0 Å². The van der Waals surface area contributed by atoms with Crippen LogP contribution < -0.4 is 26.5 Å². The number of allylic oxidation sites excluding steroid dienone is 4. The fraction of sp³-hybridized carbons (Fsp3) is 0.171. The third-order valence-electron chi connectivity index (χ3n) is 8.21. The van der Waals surface area contributed by atoms with Crippen LogP contribution >= 0.6 is 15.8 Å². The minimum Gasteiger partial charge on any atom is -0.0885 e. The fourth-order valence-electron chi connectivity index (χ4n) is 6.17. The number of benzene rings is 5. The smallest absolute Gasteiger partial charge is 0 e. The molecule has 0 radical (unpaired) electrons. The van der Waals surface area contributed by atoms with Crippen molar-refractivity contribution < 1.29 is 17.1 Å². The predicted octanol–water partition coefficient (Wildman–Crippen LogP) is 9.14. The zero-order chi connectivity index (χ0) is 29.1. The van der Waals surface area contributed by atoms with Gasteiger partial charge in [0.05, 0.1) is 0 Å². The molecule has 0 fully saturated rings. The molecule has 0 aromatic heterocycles. The second kappa shape index (κ2) is 16.9. The summed E-state index contributed by atoms with van der Waals surface area (Å²) in [5.74, 6) is 0.561. The van der Waals surface area contributed by atoms with Gasteiger partial charge in [0.25, 0.3) is 0 Å². The average Bonchev–Trinajstić information content (AvgIpc) is 3.81. The summed E-state index contributed by atoms with van der Waals surface area (Å²) in [6.07, 6.45) is 14.6. The molecule has 3 heteroatoms. The zero-order valence-electron chi connectivity index (χ0n) is 25.2. The summed E-state index contributed by atoms with van der Waals surface area (Å²) in [7, 11) is -1.15. The van der Waals surface area contributed by atoms with E-state index in [1.807, 2.05) is 0 Å². The van der Waals surface area contributed by atoms with E-state index in [1.165, 1.54) is 64.2 Å². The van der Waals surface area contributed by atoms with Gasteiger partial charge in [0.2, 0.25) is 0 Å². The molecule has 0 N–H and O–H groups in total. The first-order valence-electron chi connectivity index (χ1n) is 15.6. The van der Waals surface area contributed by atoms with Crippen LogP contribution in [0.15, 0.2) is 169 Å². The number of hydrogen-bond acceptors (Lipinski definition) is 0. The predicted molar refractivity (Wildman–Crippen MR) is 192 cm³/mol. The second-order valence-electron chi connectivity index (χ2n) is 11.2. The van der Waals surface area contributed by atoms with Crippen molar-refractivity contribution in [3.05, 3.63) is 175 Å². The normalized spacial score (nSPS) is 15.4. The average molecular weight is 651 g/mol. The van der Waals surface area contributed by atoms with E-state index in [9.17, 15) is 0 Å². The molecular weight excluding hydrogens is 610 g/mol. The van der Waals surface area contributed by atoms with Crippen LogP contribution in [0.4, 0.5) is 0 Å². The molecule has 5 aromatic carbocycles. The molecule has 0 saturated carbocycles. The summed E-state index contributed by atoms with van der Waals surface area (Å²) in [4.78, 5) is 0. The van der Waals surface area contributed by atoms with Crippen molar-refractivity contribution >= 4 is 42.4 Å². The van der Waals surface area contributed by atoms with Crippen molar-refractivity contribution in [2.24, 2.45) is 5.92 Å². The Balaban J connectivity index is 0.000000584. The molecule has 0 amide bonds. The van der Waals surface area contributed by atoms with Gasteiger partial charge in [-0.25, -0.2) is 0 Å². The topological polar surface area (TPSA) is 0 Å². The van der Waals surface area contributed by atoms with Gasteiger partial charge >= 0.3 is 0 Å². The van der Waals surface area contributed by atoms with Gasteiger partial charge in [-0.05, 0) is 97.7 Å². The maximum Gasteiger partial charge on any atom is 0 e. The van der Waals surface area contributed by atoms with Crippen LogP contribution in [0.1, 0.15) is 37.7 Å². The summed E-state index contributed by atoms with van der Waals surface area (Å²) in [6.45, 7) is 0. The van der Waals surface area contributed by atoms with Crippen molar-refractivity contribution in [3.63, 3.8) is 0 Å². The number of rotatable bonds is 8. The van der Waals surface area contributed by atoms with Crippen LogP contribution in [0.3, 0.4) is 0 Å². The van der Waals surface area contributed by atoms with Crippen molar-refractivity contribution in [2.75, 3.05) is 0 Å². The molecule has 7 rings (SSSR count). The largest absolute Gasteiger partial charge is 0.0885 e. The molecule has 0 bridgehead atoms. The van der Waals surface area contributed by atoms with Crippen LogP contribution in [0.2, 0.25) is 0 Å². The summed E-state index contributed by atoms with van der Waals surface area (Å²) in [6, 6.07) is 53.8. The third-order valence-corrected chi connectivity index (χ3v) is 13.5. The van der Waals surface area contributed by atoms with Gasteiger partial charge in [-0.3, -0.25) is 0 Å². The Bertz CT molecular complexity index is 1530. The summed E-state index contributed by atoms with van der Waals surface area (Å²) >= 11 is 0. The van der Waals surface area contributed by atoms with Gasteiger partial charge < -0.3 is 0 Å². The van der Waals surface area contributed by atoms with Gasteiger partial charge in [-0.15, -0.1) is 0 Å². The van der Waals surface area contributed by atoms with Gasteiger partial charge in [-0.2, -0.15) is 0 Å².